The number of ketones is 1. The zero-order chi connectivity index (χ0) is 19.5. The molecule has 2 amide bonds. The van der Waals surface area contributed by atoms with Crippen molar-refractivity contribution in [3.05, 3.63) is 35.1 Å². The highest BCUT2D eigenvalue weighted by Gasteiger charge is 2.37. The molecule has 1 unspecified atom stereocenters. The maximum absolute atomic E-state index is 14.1. The molecule has 0 radical (unpaired) electrons. The number of alkyl carbamates (subject to hydrolysis) is 1. The molecule has 0 aromatic heterocycles. The van der Waals surface area contributed by atoms with Gasteiger partial charge >= 0.3 is 6.09 Å². The fraction of sp³-hybridized carbons (Fsp3) is 0.526. The zero-order valence-corrected chi connectivity index (χ0v) is 15.6. The first-order valence-corrected chi connectivity index (χ1v) is 8.66. The Hall–Kier alpha value is -2.44. The summed E-state index contributed by atoms with van der Waals surface area (Å²) in [5.74, 6) is -1.16. The van der Waals surface area contributed by atoms with Crippen molar-refractivity contribution in [3.63, 3.8) is 0 Å². The van der Waals surface area contributed by atoms with Crippen LogP contribution in [0.15, 0.2) is 18.2 Å². The molecule has 0 bridgehead atoms. The average Bonchev–Trinajstić information content (AvgIpc) is 2.86. The van der Waals surface area contributed by atoms with Crippen LogP contribution in [0.4, 0.5) is 9.18 Å². The van der Waals surface area contributed by atoms with Crippen molar-refractivity contribution in [2.24, 2.45) is 0 Å². The Bertz CT molecular complexity index is 692. The number of nitrogens with zero attached hydrogens (tertiary/aromatic N) is 1. The normalized spacial score (nSPS) is 17.3. The van der Waals surface area contributed by atoms with Gasteiger partial charge in [-0.15, -0.1) is 0 Å². The molecule has 6 nitrogen and oxygen atoms in total. The van der Waals surface area contributed by atoms with E-state index in [4.69, 9.17) is 4.74 Å². The van der Waals surface area contributed by atoms with E-state index < -0.39 is 29.3 Å². The van der Waals surface area contributed by atoms with Gasteiger partial charge in [0.1, 0.15) is 11.4 Å². The number of benzene rings is 1. The predicted octanol–water partition coefficient (Wildman–Crippen LogP) is 2.83. The molecule has 1 aromatic rings. The van der Waals surface area contributed by atoms with Gasteiger partial charge in [0.2, 0.25) is 5.91 Å². The topological polar surface area (TPSA) is 75.7 Å². The van der Waals surface area contributed by atoms with Gasteiger partial charge in [-0.05, 0) is 45.7 Å². The van der Waals surface area contributed by atoms with Crippen molar-refractivity contribution in [3.8, 4) is 0 Å². The number of carbonyl (C=O) groups excluding carboxylic acids is 3. The molecule has 1 aliphatic heterocycles. The smallest absolute Gasteiger partial charge is 0.407 e. The van der Waals surface area contributed by atoms with Crippen LogP contribution in [-0.2, 0) is 9.53 Å². The van der Waals surface area contributed by atoms with Crippen molar-refractivity contribution in [2.45, 2.75) is 52.2 Å². The number of ether oxygens (including phenoxy) is 1. The van der Waals surface area contributed by atoms with Crippen LogP contribution in [0.3, 0.4) is 0 Å². The van der Waals surface area contributed by atoms with E-state index in [0.717, 1.165) is 0 Å². The zero-order valence-electron chi connectivity index (χ0n) is 15.6. The van der Waals surface area contributed by atoms with Crippen LogP contribution >= 0.6 is 0 Å². The molecule has 142 valence electrons. The molecule has 1 heterocycles. The largest absolute Gasteiger partial charge is 0.444 e. The highest BCUT2D eigenvalue weighted by Crippen LogP contribution is 2.25. The van der Waals surface area contributed by atoms with E-state index in [0.29, 0.717) is 12.0 Å². The van der Waals surface area contributed by atoms with E-state index in [1.54, 1.807) is 39.8 Å². The summed E-state index contributed by atoms with van der Waals surface area (Å²) in [6.45, 7) is 7.25. The Labute approximate surface area is 152 Å². The van der Waals surface area contributed by atoms with Crippen molar-refractivity contribution < 1.29 is 23.5 Å². The maximum Gasteiger partial charge on any atom is 0.407 e. The molecule has 26 heavy (non-hydrogen) atoms. The summed E-state index contributed by atoms with van der Waals surface area (Å²) in [6.07, 6.45) is -0.00854. The van der Waals surface area contributed by atoms with Crippen molar-refractivity contribution >= 4 is 17.8 Å². The second-order valence-electron chi connectivity index (χ2n) is 7.37. The molecular weight excluding hydrogens is 339 g/mol. The van der Waals surface area contributed by atoms with Crippen LogP contribution in [0.2, 0.25) is 0 Å². The highest BCUT2D eigenvalue weighted by atomic mass is 19.1. The van der Waals surface area contributed by atoms with E-state index in [9.17, 15) is 18.8 Å². The molecule has 0 aliphatic carbocycles. The summed E-state index contributed by atoms with van der Waals surface area (Å²) in [4.78, 5) is 38.0. The van der Waals surface area contributed by atoms with Crippen LogP contribution in [0.25, 0.3) is 0 Å². The lowest BCUT2D eigenvalue weighted by Crippen LogP contribution is -2.44. The summed E-state index contributed by atoms with van der Waals surface area (Å²) in [5, 5.41) is 2.57. The number of nitrogens with one attached hydrogen (secondary N) is 1. The summed E-state index contributed by atoms with van der Waals surface area (Å²) in [5.41, 5.74) is -0.0486. The monoisotopic (exact) mass is 364 g/mol. The van der Waals surface area contributed by atoms with E-state index in [1.807, 2.05) is 0 Å². The third-order valence-corrected chi connectivity index (χ3v) is 4.12. The number of likely N-dealkylation sites (tertiary alicyclic amines) is 1. The number of aryl methyl sites for hydroxylation is 1. The van der Waals surface area contributed by atoms with Gasteiger partial charge in [0.15, 0.2) is 5.78 Å². The van der Waals surface area contributed by atoms with Crippen molar-refractivity contribution in [2.75, 3.05) is 13.1 Å². The number of hydrogen-bond acceptors (Lipinski definition) is 4. The van der Waals surface area contributed by atoms with Gasteiger partial charge in [0.25, 0.3) is 0 Å². The molecule has 0 spiro atoms. The van der Waals surface area contributed by atoms with Gasteiger partial charge < -0.3 is 15.0 Å². The molecule has 7 heteroatoms. The van der Waals surface area contributed by atoms with Crippen LogP contribution < -0.4 is 5.32 Å². The van der Waals surface area contributed by atoms with Gasteiger partial charge in [-0.1, -0.05) is 12.1 Å². The van der Waals surface area contributed by atoms with Crippen LogP contribution in [-0.4, -0.2) is 47.4 Å². The Balaban J connectivity index is 2.02. The van der Waals surface area contributed by atoms with Crippen LogP contribution in [0, 0.1) is 12.7 Å². The Kier molecular flexibility index (Phi) is 6.00. The summed E-state index contributed by atoms with van der Waals surface area (Å²) >= 11 is 0. The number of hydrogen-bond donors (Lipinski definition) is 1. The van der Waals surface area contributed by atoms with Gasteiger partial charge in [-0.2, -0.15) is 0 Å². The molecule has 1 N–H and O–H groups in total. The molecule has 1 saturated heterocycles. The Morgan fingerprint density at radius 2 is 2.04 bits per heavy atom. The van der Waals surface area contributed by atoms with Gasteiger partial charge in [-0.25, -0.2) is 9.18 Å². The standard InChI is InChI=1S/C19H25FN2O4/c1-12-6-5-7-13(20)16(12)17(24)14-8-9-15(23)22(14)11-10-21-18(25)26-19(2,3)4/h5-7,14H,8-11H2,1-4H3,(H,21,25). The SMILES string of the molecule is Cc1cccc(F)c1C(=O)C1CCC(=O)N1CCNC(=O)OC(C)(C)C. The van der Waals surface area contributed by atoms with Crippen LogP contribution in [0.5, 0.6) is 0 Å². The van der Waals surface area contributed by atoms with E-state index >= 15 is 0 Å². The average molecular weight is 364 g/mol. The van der Waals surface area contributed by atoms with E-state index in [-0.39, 0.29) is 31.0 Å². The summed E-state index contributed by atoms with van der Waals surface area (Å²) < 4.78 is 19.2. The molecule has 1 fully saturated rings. The van der Waals surface area contributed by atoms with Crippen LogP contribution in [0.1, 0.15) is 49.5 Å². The minimum absolute atomic E-state index is 0.0253. The highest BCUT2D eigenvalue weighted by molar-refractivity contribution is 6.04. The minimum Gasteiger partial charge on any atom is -0.444 e. The third-order valence-electron chi connectivity index (χ3n) is 4.12. The Morgan fingerprint density at radius 3 is 2.65 bits per heavy atom. The first kappa shape index (κ1) is 19.9. The van der Waals surface area contributed by atoms with Crippen molar-refractivity contribution in [1.82, 2.24) is 10.2 Å². The van der Waals surface area contributed by atoms with E-state index in [1.165, 1.54) is 11.0 Å². The molecule has 2 rings (SSSR count). The minimum atomic E-state index is -0.710. The molecule has 1 aliphatic rings. The van der Waals surface area contributed by atoms with Gasteiger partial charge in [0.05, 0.1) is 11.6 Å². The fourth-order valence-corrected chi connectivity index (χ4v) is 2.99. The predicted molar refractivity (Wildman–Crippen MR) is 94.4 cm³/mol. The second-order valence-corrected chi connectivity index (χ2v) is 7.37. The molecular formula is C19H25FN2O4. The summed E-state index contributed by atoms with van der Waals surface area (Å²) in [6, 6.07) is 3.75. The molecule has 1 aromatic carbocycles. The third kappa shape index (κ3) is 4.80. The Morgan fingerprint density at radius 1 is 1.35 bits per heavy atom. The first-order valence-electron chi connectivity index (χ1n) is 8.66. The molecule has 1 atom stereocenters. The quantitative estimate of drug-likeness (QED) is 0.815. The summed E-state index contributed by atoms with van der Waals surface area (Å²) in [7, 11) is 0. The number of halogens is 1. The fourth-order valence-electron chi connectivity index (χ4n) is 2.99. The maximum atomic E-state index is 14.1. The van der Waals surface area contributed by atoms with E-state index in [2.05, 4.69) is 5.32 Å². The lowest BCUT2D eigenvalue weighted by molar-refractivity contribution is -0.128. The number of Topliss-reactive ketones (excluding diaryl/α,β-unsaturated/α-hetero) is 1. The number of amides is 2. The first-order chi connectivity index (χ1) is 12.1. The molecule has 0 saturated carbocycles. The van der Waals surface area contributed by atoms with Gasteiger partial charge in [0, 0.05) is 19.5 Å². The lowest BCUT2D eigenvalue weighted by Gasteiger charge is -2.25. The lowest BCUT2D eigenvalue weighted by atomic mass is 9.97. The second kappa shape index (κ2) is 7.85. The number of rotatable bonds is 5. The van der Waals surface area contributed by atoms with Crippen molar-refractivity contribution in [1.29, 1.82) is 0 Å². The number of carbonyl (C=O) groups is 3. The van der Waals surface area contributed by atoms with Gasteiger partial charge in [-0.3, -0.25) is 9.59 Å².